The Hall–Kier alpha value is -1.09. The number of rotatable bonds is 5. The molecule has 84 valence electrons. The van der Waals surface area contributed by atoms with E-state index < -0.39 is 0 Å². The summed E-state index contributed by atoms with van der Waals surface area (Å²) >= 11 is 0. The van der Waals surface area contributed by atoms with Gasteiger partial charge in [0.1, 0.15) is 0 Å². The Morgan fingerprint density at radius 2 is 2.27 bits per heavy atom. The van der Waals surface area contributed by atoms with Crippen LogP contribution in [0.15, 0.2) is 25.0 Å². The fraction of sp³-hybridized carbons (Fsp3) is 0.583. The normalized spacial score (nSPS) is 11.7. The Kier molecular flexibility index (Phi) is 4.09. The topological polar surface area (TPSA) is 29.9 Å². The summed E-state index contributed by atoms with van der Waals surface area (Å²) in [6, 6.07) is 0. The molecule has 0 saturated carbocycles. The van der Waals surface area contributed by atoms with Crippen LogP contribution in [0.25, 0.3) is 0 Å². The second-order valence-electron chi connectivity index (χ2n) is 4.79. The number of hydrogen-bond donors (Lipinski definition) is 1. The van der Waals surface area contributed by atoms with E-state index in [-0.39, 0.29) is 5.54 Å². The first-order chi connectivity index (χ1) is 7.01. The molecule has 0 spiro atoms. The zero-order valence-electron chi connectivity index (χ0n) is 9.95. The highest BCUT2D eigenvalue weighted by molar-refractivity contribution is 5.04. The summed E-state index contributed by atoms with van der Waals surface area (Å²) in [5.74, 6) is 0. The molecule has 0 aliphatic carbocycles. The summed E-state index contributed by atoms with van der Waals surface area (Å²) in [6.07, 6.45) is 6.88. The van der Waals surface area contributed by atoms with Crippen LogP contribution in [0.5, 0.6) is 0 Å². The zero-order chi connectivity index (χ0) is 11.3. The molecule has 0 fully saturated rings. The van der Waals surface area contributed by atoms with Crippen molar-refractivity contribution in [2.45, 2.75) is 45.8 Å². The molecular weight excluding hydrogens is 186 g/mol. The molecule has 0 aliphatic rings. The Labute approximate surface area is 92.2 Å². The highest BCUT2D eigenvalue weighted by Gasteiger charge is 2.08. The van der Waals surface area contributed by atoms with Gasteiger partial charge in [-0.3, -0.25) is 4.68 Å². The Balaban J connectivity index is 2.42. The highest BCUT2D eigenvalue weighted by atomic mass is 15.3. The van der Waals surface area contributed by atoms with Gasteiger partial charge >= 0.3 is 0 Å². The van der Waals surface area contributed by atoms with E-state index in [1.807, 2.05) is 17.0 Å². The predicted molar refractivity (Wildman–Crippen MR) is 63.6 cm³/mol. The van der Waals surface area contributed by atoms with E-state index >= 15 is 0 Å². The van der Waals surface area contributed by atoms with Gasteiger partial charge < -0.3 is 5.32 Å². The van der Waals surface area contributed by atoms with Gasteiger partial charge in [0.15, 0.2) is 0 Å². The molecule has 0 aliphatic heterocycles. The minimum atomic E-state index is 0.156. The third kappa shape index (κ3) is 4.79. The molecule has 1 N–H and O–H groups in total. The molecule has 1 aromatic rings. The molecule has 0 aromatic carbocycles. The molecule has 0 saturated heterocycles. The molecule has 1 rings (SSSR count). The van der Waals surface area contributed by atoms with Gasteiger partial charge in [-0.2, -0.15) is 5.10 Å². The van der Waals surface area contributed by atoms with Gasteiger partial charge in [-0.15, -0.1) is 6.58 Å². The van der Waals surface area contributed by atoms with Crippen LogP contribution >= 0.6 is 0 Å². The number of nitrogens with one attached hydrogen (secondary N) is 1. The predicted octanol–water partition coefficient (Wildman–Crippen LogP) is 2.35. The fourth-order valence-electron chi connectivity index (χ4n) is 1.21. The Bertz CT molecular complexity index is 307. The van der Waals surface area contributed by atoms with E-state index in [2.05, 4.69) is 44.0 Å². The van der Waals surface area contributed by atoms with Crippen LogP contribution < -0.4 is 5.32 Å². The van der Waals surface area contributed by atoms with Crippen molar-refractivity contribution in [3.63, 3.8) is 0 Å². The quantitative estimate of drug-likeness (QED) is 0.751. The summed E-state index contributed by atoms with van der Waals surface area (Å²) in [4.78, 5) is 0. The first kappa shape index (κ1) is 12.0. The number of nitrogens with zero attached hydrogens (tertiary/aromatic N) is 2. The maximum Gasteiger partial charge on any atom is 0.0534 e. The summed E-state index contributed by atoms with van der Waals surface area (Å²) in [5.41, 5.74) is 1.39. The smallest absolute Gasteiger partial charge is 0.0534 e. The van der Waals surface area contributed by atoms with Crippen LogP contribution in [0.2, 0.25) is 0 Å². The molecule has 3 nitrogen and oxygen atoms in total. The van der Waals surface area contributed by atoms with Gasteiger partial charge in [0.05, 0.1) is 6.20 Å². The summed E-state index contributed by atoms with van der Waals surface area (Å²) in [6.45, 7) is 12.0. The van der Waals surface area contributed by atoms with Crippen molar-refractivity contribution < 1.29 is 0 Å². The molecule has 15 heavy (non-hydrogen) atoms. The van der Waals surface area contributed by atoms with Crippen molar-refractivity contribution in [1.82, 2.24) is 15.1 Å². The third-order valence-corrected chi connectivity index (χ3v) is 2.07. The molecule has 1 aromatic heterocycles. The van der Waals surface area contributed by atoms with Crippen molar-refractivity contribution in [2.75, 3.05) is 0 Å². The lowest BCUT2D eigenvalue weighted by atomic mass is 10.1. The van der Waals surface area contributed by atoms with Crippen molar-refractivity contribution in [3.8, 4) is 0 Å². The Morgan fingerprint density at radius 1 is 1.53 bits per heavy atom. The van der Waals surface area contributed by atoms with Crippen LogP contribution in [-0.2, 0) is 13.1 Å². The lowest BCUT2D eigenvalue weighted by Crippen LogP contribution is -2.34. The van der Waals surface area contributed by atoms with Crippen molar-refractivity contribution in [1.29, 1.82) is 0 Å². The van der Waals surface area contributed by atoms with E-state index in [4.69, 9.17) is 0 Å². The third-order valence-electron chi connectivity index (χ3n) is 2.07. The van der Waals surface area contributed by atoms with Crippen LogP contribution in [0.3, 0.4) is 0 Å². The van der Waals surface area contributed by atoms with Gasteiger partial charge in [0.25, 0.3) is 0 Å². The van der Waals surface area contributed by atoms with Crippen LogP contribution in [0, 0.1) is 0 Å². The minimum Gasteiger partial charge on any atom is -0.308 e. The van der Waals surface area contributed by atoms with E-state index in [0.717, 1.165) is 19.5 Å². The van der Waals surface area contributed by atoms with E-state index in [0.29, 0.717) is 0 Å². The molecule has 0 radical (unpaired) electrons. The number of allylic oxidation sites excluding steroid dienone is 1. The SMILES string of the molecule is C=CCCn1cc(CNC(C)(C)C)cn1. The monoisotopic (exact) mass is 207 g/mol. The van der Waals surface area contributed by atoms with Crippen molar-refractivity contribution in [3.05, 3.63) is 30.6 Å². The van der Waals surface area contributed by atoms with Crippen LogP contribution in [0.1, 0.15) is 32.8 Å². The van der Waals surface area contributed by atoms with Crippen molar-refractivity contribution >= 4 is 0 Å². The average Bonchev–Trinajstić information content (AvgIpc) is 2.58. The summed E-state index contributed by atoms with van der Waals surface area (Å²) in [5, 5.41) is 7.72. The number of hydrogen-bond acceptors (Lipinski definition) is 2. The van der Waals surface area contributed by atoms with Crippen molar-refractivity contribution in [2.24, 2.45) is 0 Å². The lowest BCUT2D eigenvalue weighted by molar-refractivity contribution is 0.424. The fourth-order valence-corrected chi connectivity index (χ4v) is 1.21. The molecule has 1 heterocycles. The van der Waals surface area contributed by atoms with Crippen LogP contribution in [0.4, 0.5) is 0 Å². The molecule has 0 atom stereocenters. The second-order valence-corrected chi connectivity index (χ2v) is 4.79. The van der Waals surface area contributed by atoms with Gasteiger partial charge in [0.2, 0.25) is 0 Å². The molecule has 0 bridgehead atoms. The van der Waals surface area contributed by atoms with Gasteiger partial charge in [0, 0.05) is 30.4 Å². The maximum absolute atomic E-state index is 4.28. The first-order valence-corrected chi connectivity index (χ1v) is 5.38. The van der Waals surface area contributed by atoms with Gasteiger partial charge in [-0.25, -0.2) is 0 Å². The summed E-state index contributed by atoms with van der Waals surface area (Å²) in [7, 11) is 0. The average molecular weight is 207 g/mol. The summed E-state index contributed by atoms with van der Waals surface area (Å²) < 4.78 is 1.96. The van der Waals surface area contributed by atoms with E-state index in [9.17, 15) is 0 Å². The standard InChI is InChI=1S/C12H21N3/c1-5-6-7-15-10-11(9-14-15)8-13-12(2,3)4/h5,9-10,13H,1,6-8H2,2-4H3. The Morgan fingerprint density at radius 3 is 2.87 bits per heavy atom. The molecule has 3 heteroatoms. The zero-order valence-corrected chi connectivity index (χ0v) is 9.95. The number of aryl methyl sites for hydroxylation is 1. The first-order valence-electron chi connectivity index (χ1n) is 5.38. The van der Waals surface area contributed by atoms with Crippen LogP contribution in [-0.4, -0.2) is 15.3 Å². The largest absolute Gasteiger partial charge is 0.308 e. The molecule has 0 amide bonds. The van der Waals surface area contributed by atoms with Gasteiger partial charge in [-0.05, 0) is 27.2 Å². The van der Waals surface area contributed by atoms with E-state index in [1.165, 1.54) is 5.56 Å². The minimum absolute atomic E-state index is 0.156. The lowest BCUT2D eigenvalue weighted by Gasteiger charge is -2.19. The number of aromatic nitrogens is 2. The van der Waals surface area contributed by atoms with Gasteiger partial charge in [-0.1, -0.05) is 6.08 Å². The molecule has 0 unspecified atom stereocenters. The molecular formula is C12H21N3. The van der Waals surface area contributed by atoms with E-state index in [1.54, 1.807) is 0 Å². The maximum atomic E-state index is 4.28. The second kappa shape index (κ2) is 5.12. The highest BCUT2D eigenvalue weighted by Crippen LogP contribution is 2.03.